The van der Waals surface area contributed by atoms with Crippen molar-refractivity contribution in [3.63, 3.8) is 0 Å². The number of halogens is 3. The van der Waals surface area contributed by atoms with E-state index in [9.17, 15) is 22.8 Å². The first-order valence-electron chi connectivity index (χ1n) is 5.25. The van der Waals surface area contributed by atoms with Gasteiger partial charge in [0.15, 0.2) is 0 Å². The van der Waals surface area contributed by atoms with Crippen molar-refractivity contribution in [2.24, 2.45) is 0 Å². The molecule has 0 heterocycles. The highest BCUT2D eigenvalue weighted by Crippen LogP contribution is 2.29. The maximum atomic E-state index is 12.4. The molecule has 0 bridgehead atoms. The molecular weight excluding hydrogens is 265 g/mol. The Labute approximate surface area is 106 Å². The third-order valence-corrected chi connectivity index (χ3v) is 2.01. The molecule has 8 heteroatoms. The van der Waals surface area contributed by atoms with Gasteiger partial charge >= 0.3 is 12.3 Å². The van der Waals surface area contributed by atoms with Crippen LogP contribution in [0.2, 0.25) is 0 Å². The Bertz CT molecular complexity index is 474. The average Bonchev–Trinajstić information content (AvgIpc) is 2.35. The molecule has 0 aliphatic carbocycles. The lowest BCUT2D eigenvalue weighted by Gasteiger charge is -2.09. The number of ether oxygens (including phenoxy) is 1. The van der Waals surface area contributed by atoms with Crippen molar-refractivity contribution in [3.8, 4) is 0 Å². The van der Waals surface area contributed by atoms with E-state index in [2.05, 4.69) is 4.74 Å². The summed E-state index contributed by atoms with van der Waals surface area (Å²) in [6.07, 6.45) is -5.44. The Morgan fingerprint density at radius 3 is 2.53 bits per heavy atom. The molecule has 0 atom stereocenters. The number of alkyl halides is 3. The van der Waals surface area contributed by atoms with E-state index in [1.165, 1.54) is 6.07 Å². The standard InChI is InChI=1S/C11H11F3N2O3/c1-2-19-10(18)16-15-9(17)7-4-3-5-8(6-7)11(12,13)14/h3-6H,2H2,1H3,(H,15,17)(H,16,18). The average molecular weight is 276 g/mol. The third kappa shape index (κ3) is 4.49. The molecule has 1 rings (SSSR count). The summed E-state index contributed by atoms with van der Waals surface area (Å²) in [6, 6.07) is 3.82. The maximum absolute atomic E-state index is 12.4. The van der Waals surface area contributed by atoms with E-state index in [-0.39, 0.29) is 12.2 Å². The molecule has 0 aliphatic heterocycles. The zero-order valence-corrected chi connectivity index (χ0v) is 9.88. The Morgan fingerprint density at radius 2 is 1.95 bits per heavy atom. The molecule has 1 aromatic carbocycles. The van der Waals surface area contributed by atoms with Gasteiger partial charge in [-0.1, -0.05) is 6.07 Å². The number of nitrogens with one attached hydrogen (secondary N) is 2. The fourth-order valence-corrected chi connectivity index (χ4v) is 1.18. The summed E-state index contributed by atoms with van der Waals surface area (Å²) in [7, 11) is 0. The van der Waals surface area contributed by atoms with Crippen LogP contribution in [0.3, 0.4) is 0 Å². The zero-order chi connectivity index (χ0) is 14.5. The van der Waals surface area contributed by atoms with Crippen LogP contribution in [-0.2, 0) is 10.9 Å². The van der Waals surface area contributed by atoms with Crippen molar-refractivity contribution in [1.29, 1.82) is 0 Å². The minimum Gasteiger partial charge on any atom is -0.449 e. The largest absolute Gasteiger partial charge is 0.449 e. The molecule has 0 saturated heterocycles. The Hall–Kier alpha value is -2.25. The van der Waals surface area contributed by atoms with Gasteiger partial charge in [-0.2, -0.15) is 13.2 Å². The predicted molar refractivity (Wildman–Crippen MR) is 59.1 cm³/mol. The topological polar surface area (TPSA) is 67.4 Å². The van der Waals surface area contributed by atoms with Gasteiger partial charge in [-0.25, -0.2) is 10.2 Å². The van der Waals surface area contributed by atoms with Crippen molar-refractivity contribution >= 4 is 12.0 Å². The SMILES string of the molecule is CCOC(=O)NNC(=O)c1cccc(C(F)(F)F)c1. The van der Waals surface area contributed by atoms with Crippen molar-refractivity contribution in [3.05, 3.63) is 35.4 Å². The molecule has 0 aromatic heterocycles. The molecule has 2 N–H and O–H groups in total. The molecule has 2 amide bonds. The first-order valence-corrected chi connectivity index (χ1v) is 5.25. The number of carbonyl (C=O) groups excluding carboxylic acids is 2. The van der Waals surface area contributed by atoms with Crippen LogP contribution < -0.4 is 10.9 Å². The van der Waals surface area contributed by atoms with Crippen LogP contribution in [0.1, 0.15) is 22.8 Å². The maximum Gasteiger partial charge on any atom is 0.426 e. The highest BCUT2D eigenvalue weighted by atomic mass is 19.4. The molecule has 0 aliphatic rings. The van der Waals surface area contributed by atoms with E-state index in [4.69, 9.17) is 0 Å². The zero-order valence-electron chi connectivity index (χ0n) is 9.88. The van der Waals surface area contributed by atoms with Crippen LogP contribution in [0.5, 0.6) is 0 Å². The molecule has 0 spiro atoms. The van der Waals surface area contributed by atoms with Gasteiger partial charge in [0.25, 0.3) is 5.91 Å². The van der Waals surface area contributed by atoms with E-state index in [0.717, 1.165) is 12.1 Å². The van der Waals surface area contributed by atoms with Gasteiger partial charge in [-0.05, 0) is 25.1 Å². The van der Waals surface area contributed by atoms with Crippen molar-refractivity contribution in [2.45, 2.75) is 13.1 Å². The predicted octanol–water partition coefficient (Wildman–Crippen LogP) is 2.10. The second-order valence-corrected chi connectivity index (χ2v) is 3.38. The van der Waals surface area contributed by atoms with Crippen LogP contribution in [0.4, 0.5) is 18.0 Å². The number of rotatable bonds is 2. The third-order valence-electron chi connectivity index (χ3n) is 2.01. The van der Waals surface area contributed by atoms with E-state index < -0.39 is 23.7 Å². The monoisotopic (exact) mass is 276 g/mol. The first-order chi connectivity index (χ1) is 8.84. The molecule has 1 aromatic rings. The summed E-state index contributed by atoms with van der Waals surface area (Å²) >= 11 is 0. The van der Waals surface area contributed by atoms with E-state index in [1.54, 1.807) is 6.92 Å². The summed E-state index contributed by atoms with van der Waals surface area (Å²) in [5, 5.41) is 0. The number of hydrogen-bond donors (Lipinski definition) is 2. The number of carbonyl (C=O) groups is 2. The van der Waals surface area contributed by atoms with Gasteiger partial charge in [0.2, 0.25) is 0 Å². The van der Waals surface area contributed by atoms with Crippen LogP contribution >= 0.6 is 0 Å². The minimum absolute atomic E-state index is 0.102. The fourth-order valence-electron chi connectivity index (χ4n) is 1.18. The summed E-state index contributed by atoms with van der Waals surface area (Å²) in [5.74, 6) is -0.876. The van der Waals surface area contributed by atoms with Crippen molar-refractivity contribution in [2.75, 3.05) is 6.61 Å². The van der Waals surface area contributed by atoms with Crippen LogP contribution in [0, 0.1) is 0 Å². The smallest absolute Gasteiger partial charge is 0.426 e. The quantitative estimate of drug-likeness (QED) is 0.813. The van der Waals surface area contributed by atoms with E-state index in [0.29, 0.717) is 6.07 Å². The van der Waals surface area contributed by atoms with Crippen molar-refractivity contribution in [1.82, 2.24) is 10.9 Å². The number of benzene rings is 1. The second-order valence-electron chi connectivity index (χ2n) is 3.38. The lowest BCUT2D eigenvalue weighted by molar-refractivity contribution is -0.137. The van der Waals surface area contributed by atoms with Gasteiger partial charge in [-0.15, -0.1) is 0 Å². The van der Waals surface area contributed by atoms with Crippen LogP contribution in [0.25, 0.3) is 0 Å². The second kappa shape index (κ2) is 6.07. The molecule has 0 fully saturated rings. The van der Waals surface area contributed by atoms with E-state index >= 15 is 0 Å². The number of amides is 2. The van der Waals surface area contributed by atoms with E-state index in [1.807, 2.05) is 10.9 Å². The Balaban J connectivity index is 2.70. The molecule has 0 unspecified atom stereocenters. The molecule has 0 saturated carbocycles. The minimum atomic E-state index is -4.54. The first kappa shape index (κ1) is 14.8. The Morgan fingerprint density at radius 1 is 1.26 bits per heavy atom. The Kier molecular flexibility index (Phi) is 4.74. The summed E-state index contributed by atoms with van der Waals surface area (Å²) in [6.45, 7) is 1.67. The van der Waals surface area contributed by atoms with Crippen LogP contribution in [-0.4, -0.2) is 18.6 Å². The molecule has 104 valence electrons. The molecule has 19 heavy (non-hydrogen) atoms. The van der Waals surface area contributed by atoms with Gasteiger partial charge in [0.1, 0.15) is 0 Å². The lowest BCUT2D eigenvalue weighted by atomic mass is 10.1. The fraction of sp³-hybridized carbons (Fsp3) is 0.273. The van der Waals surface area contributed by atoms with Crippen molar-refractivity contribution < 1.29 is 27.5 Å². The van der Waals surface area contributed by atoms with Gasteiger partial charge in [-0.3, -0.25) is 10.2 Å². The highest BCUT2D eigenvalue weighted by Gasteiger charge is 2.30. The van der Waals surface area contributed by atoms with Gasteiger partial charge in [0.05, 0.1) is 12.2 Å². The summed E-state index contributed by atoms with van der Waals surface area (Å²) in [5.41, 5.74) is 2.65. The van der Waals surface area contributed by atoms with Gasteiger partial charge < -0.3 is 4.74 Å². The lowest BCUT2D eigenvalue weighted by Crippen LogP contribution is -2.41. The summed E-state index contributed by atoms with van der Waals surface area (Å²) in [4.78, 5) is 22.4. The molecular formula is C11H11F3N2O3. The molecule has 0 radical (unpaired) electrons. The number of hydrogen-bond acceptors (Lipinski definition) is 3. The van der Waals surface area contributed by atoms with Gasteiger partial charge in [0, 0.05) is 5.56 Å². The summed E-state index contributed by atoms with van der Waals surface area (Å²) < 4.78 is 41.7. The highest BCUT2D eigenvalue weighted by molar-refractivity contribution is 5.95. The normalized spacial score (nSPS) is 10.7. The number of hydrazine groups is 1. The molecule has 5 nitrogen and oxygen atoms in total. The van der Waals surface area contributed by atoms with Crippen LogP contribution in [0.15, 0.2) is 24.3 Å².